The third kappa shape index (κ3) is 6.22. The van der Waals surface area contributed by atoms with Crippen molar-refractivity contribution in [3.05, 3.63) is 0 Å². The first-order chi connectivity index (χ1) is 9.67. The minimum atomic E-state index is -0.486. The predicted octanol–water partition coefficient (Wildman–Crippen LogP) is 2.78. The fourth-order valence-electron chi connectivity index (χ4n) is 2.74. The Bertz CT molecular complexity index is 331. The molecule has 0 radical (unpaired) electrons. The Labute approximate surface area is 129 Å². The molecule has 124 valence electrons. The summed E-state index contributed by atoms with van der Waals surface area (Å²) in [5.74, 6) is 0. The van der Waals surface area contributed by atoms with Crippen LogP contribution in [0.5, 0.6) is 0 Å². The van der Waals surface area contributed by atoms with Crippen molar-refractivity contribution in [1.29, 1.82) is 0 Å². The smallest absolute Gasteiger partial charge is 0.410 e. The number of nitrogens with two attached hydrogens (primary N) is 1. The molecule has 5 nitrogen and oxygen atoms in total. The maximum absolute atomic E-state index is 12.2. The fourth-order valence-corrected chi connectivity index (χ4v) is 2.74. The minimum Gasteiger partial charge on any atom is -0.444 e. The molecule has 1 aliphatic rings. The molecule has 1 rings (SSSR count). The zero-order chi connectivity index (χ0) is 16.1. The van der Waals surface area contributed by atoms with E-state index in [0.717, 1.165) is 32.5 Å². The van der Waals surface area contributed by atoms with Gasteiger partial charge >= 0.3 is 6.09 Å². The molecule has 2 atom stereocenters. The highest BCUT2D eigenvalue weighted by molar-refractivity contribution is 5.68. The highest BCUT2D eigenvalue weighted by atomic mass is 16.6. The van der Waals surface area contributed by atoms with Gasteiger partial charge in [0.25, 0.3) is 0 Å². The lowest BCUT2D eigenvalue weighted by atomic mass is 9.80. The Balaban J connectivity index is 2.66. The largest absolute Gasteiger partial charge is 0.444 e. The van der Waals surface area contributed by atoms with Crippen molar-refractivity contribution in [2.45, 2.75) is 65.0 Å². The van der Waals surface area contributed by atoms with E-state index >= 15 is 0 Å². The summed E-state index contributed by atoms with van der Waals surface area (Å²) in [6.45, 7) is 9.86. The van der Waals surface area contributed by atoms with E-state index in [0.29, 0.717) is 6.54 Å². The van der Waals surface area contributed by atoms with Crippen LogP contribution in [0.2, 0.25) is 0 Å². The third-order valence-corrected chi connectivity index (χ3v) is 4.00. The maximum Gasteiger partial charge on any atom is 0.410 e. The summed E-state index contributed by atoms with van der Waals surface area (Å²) >= 11 is 0. The zero-order valence-corrected chi connectivity index (χ0v) is 14.3. The first-order valence-electron chi connectivity index (χ1n) is 7.90. The SMILES string of the molecule is CN(C(=O)OC(C)(C)C)[C@H](CN)C[C@@]1(C)CCCCOC1. The second-order valence-electron chi connectivity index (χ2n) is 7.51. The van der Waals surface area contributed by atoms with E-state index in [1.54, 1.807) is 11.9 Å². The zero-order valence-electron chi connectivity index (χ0n) is 14.3. The lowest BCUT2D eigenvalue weighted by molar-refractivity contribution is 0.0106. The van der Waals surface area contributed by atoms with Crippen LogP contribution < -0.4 is 5.73 Å². The number of likely N-dealkylation sites (N-methyl/N-ethyl adjacent to an activating group) is 1. The molecule has 1 aliphatic heterocycles. The van der Waals surface area contributed by atoms with Gasteiger partial charge in [0.05, 0.1) is 6.61 Å². The summed E-state index contributed by atoms with van der Waals surface area (Å²) in [7, 11) is 1.77. The molecular weight excluding hydrogens is 268 g/mol. The van der Waals surface area contributed by atoms with Gasteiger partial charge in [0.2, 0.25) is 0 Å². The van der Waals surface area contributed by atoms with Gasteiger partial charge in [-0.3, -0.25) is 0 Å². The predicted molar refractivity (Wildman–Crippen MR) is 84.2 cm³/mol. The van der Waals surface area contributed by atoms with E-state index in [1.807, 2.05) is 20.8 Å². The van der Waals surface area contributed by atoms with Crippen molar-refractivity contribution < 1.29 is 14.3 Å². The summed E-state index contributed by atoms with van der Waals surface area (Å²) in [5.41, 5.74) is 5.49. The summed E-state index contributed by atoms with van der Waals surface area (Å²) in [4.78, 5) is 13.8. The van der Waals surface area contributed by atoms with E-state index in [1.165, 1.54) is 6.42 Å². The molecule has 0 aromatic heterocycles. The second-order valence-corrected chi connectivity index (χ2v) is 7.51. The molecule has 0 aromatic carbocycles. The summed E-state index contributed by atoms with van der Waals surface area (Å²) in [5, 5.41) is 0. The number of rotatable bonds is 4. The van der Waals surface area contributed by atoms with Crippen molar-refractivity contribution >= 4 is 6.09 Å². The molecule has 0 saturated carbocycles. The lowest BCUT2D eigenvalue weighted by Gasteiger charge is -2.36. The summed E-state index contributed by atoms with van der Waals surface area (Å²) in [6, 6.07) is -0.0217. The average molecular weight is 300 g/mol. The van der Waals surface area contributed by atoms with Crippen LogP contribution in [0, 0.1) is 5.41 Å². The van der Waals surface area contributed by atoms with Gasteiger partial charge in [-0.1, -0.05) is 13.3 Å². The molecule has 0 bridgehead atoms. The normalized spacial score (nSPS) is 25.0. The third-order valence-electron chi connectivity index (χ3n) is 4.00. The van der Waals surface area contributed by atoms with E-state index in [4.69, 9.17) is 15.2 Å². The van der Waals surface area contributed by atoms with Crippen molar-refractivity contribution in [1.82, 2.24) is 4.90 Å². The van der Waals surface area contributed by atoms with Gasteiger partial charge in [0.1, 0.15) is 5.60 Å². The number of carbonyl (C=O) groups excluding carboxylic acids is 1. The molecule has 1 fully saturated rings. The fraction of sp³-hybridized carbons (Fsp3) is 0.938. The quantitative estimate of drug-likeness (QED) is 0.867. The highest BCUT2D eigenvalue weighted by Crippen LogP contribution is 2.33. The summed E-state index contributed by atoms with van der Waals surface area (Å²) < 4.78 is 11.1. The lowest BCUT2D eigenvalue weighted by Crippen LogP contribution is -2.47. The summed E-state index contributed by atoms with van der Waals surface area (Å²) in [6.07, 6.45) is 3.94. The Kier molecular flexibility index (Phi) is 6.47. The molecule has 0 spiro atoms. The van der Waals surface area contributed by atoms with Gasteiger partial charge in [-0.2, -0.15) is 0 Å². The molecule has 1 amide bonds. The van der Waals surface area contributed by atoms with Gasteiger partial charge in [-0.15, -0.1) is 0 Å². The highest BCUT2D eigenvalue weighted by Gasteiger charge is 2.33. The van der Waals surface area contributed by atoms with Crippen LogP contribution in [0.4, 0.5) is 4.79 Å². The van der Waals surface area contributed by atoms with E-state index in [9.17, 15) is 4.79 Å². The van der Waals surface area contributed by atoms with Crippen LogP contribution in [-0.2, 0) is 9.47 Å². The van der Waals surface area contributed by atoms with Crippen molar-refractivity contribution in [3.63, 3.8) is 0 Å². The van der Waals surface area contributed by atoms with Crippen LogP contribution >= 0.6 is 0 Å². The maximum atomic E-state index is 12.2. The Morgan fingerprint density at radius 1 is 1.43 bits per heavy atom. The molecule has 5 heteroatoms. The monoisotopic (exact) mass is 300 g/mol. The van der Waals surface area contributed by atoms with Crippen LogP contribution in [-0.4, -0.2) is 49.4 Å². The molecular formula is C16H32N2O3. The van der Waals surface area contributed by atoms with Gasteiger partial charge < -0.3 is 20.1 Å². The first kappa shape index (κ1) is 18.2. The molecule has 1 saturated heterocycles. The molecule has 2 N–H and O–H groups in total. The number of carbonyl (C=O) groups is 1. The minimum absolute atomic E-state index is 0.0217. The van der Waals surface area contributed by atoms with Crippen molar-refractivity contribution in [3.8, 4) is 0 Å². The molecule has 21 heavy (non-hydrogen) atoms. The number of nitrogens with zero attached hydrogens (tertiary/aromatic N) is 1. The Hall–Kier alpha value is -0.810. The molecule has 0 aliphatic carbocycles. The van der Waals surface area contributed by atoms with Crippen LogP contribution in [0.25, 0.3) is 0 Å². The van der Waals surface area contributed by atoms with Crippen LogP contribution in [0.1, 0.15) is 53.4 Å². The van der Waals surface area contributed by atoms with Crippen molar-refractivity contribution in [2.75, 3.05) is 26.8 Å². The van der Waals surface area contributed by atoms with Crippen LogP contribution in [0.3, 0.4) is 0 Å². The van der Waals surface area contributed by atoms with Crippen LogP contribution in [0.15, 0.2) is 0 Å². The van der Waals surface area contributed by atoms with E-state index in [2.05, 4.69) is 6.92 Å². The standard InChI is InChI=1S/C16H32N2O3/c1-15(2,3)21-14(19)18(5)13(11-17)10-16(4)8-6-7-9-20-12-16/h13H,6-12,17H2,1-5H3/t13-,16+/m0/s1. The van der Waals surface area contributed by atoms with Gasteiger partial charge in [-0.25, -0.2) is 4.79 Å². The van der Waals surface area contributed by atoms with Gasteiger partial charge in [0, 0.05) is 26.2 Å². The Morgan fingerprint density at radius 3 is 2.67 bits per heavy atom. The number of hydrogen-bond donors (Lipinski definition) is 1. The molecule has 0 aromatic rings. The number of hydrogen-bond acceptors (Lipinski definition) is 4. The number of ether oxygens (including phenoxy) is 2. The average Bonchev–Trinajstić information content (AvgIpc) is 2.58. The Morgan fingerprint density at radius 2 is 2.10 bits per heavy atom. The van der Waals surface area contributed by atoms with Crippen molar-refractivity contribution in [2.24, 2.45) is 11.1 Å². The topological polar surface area (TPSA) is 64.8 Å². The first-order valence-corrected chi connectivity index (χ1v) is 7.90. The number of amides is 1. The molecule has 1 heterocycles. The van der Waals surface area contributed by atoms with Gasteiger partial charge in [0.15, 0.2) is 0 Å². The van der Waals surface area contributed by atoms with E-state index in [-0.39, 0.29) is 17.6 Å². The van der Waals surface area contributed by atoms with E-state index < -0.39 is 5.60 Å². The van der Waals surface area contributed by atoms with Gasteiger partial charge in [-0.05, 0) is 45.4 Å². The second kappa shape index (κ2) is 7.45. The molecule has 0 unspecified atom stereocenters.